The Kier molecular flexibility index (Phi) is 8.02. The first kappa shape index (κ1) is 23.3. The lowest BCUT2D eigenvalue weighted by Crippen LogP contribution is -2.24. The van der Waals surface area contributed by atoms with Crippen molar-refractivity contribution in [3.63, 3.8) is 0 Å². The van der Waals surface area contributed by atoms with E-state index < -0.39 is 6.03 Å². The maximum absolute atomic E-state index is 12.2. The van der Waals surface area contributed by atoms with Gasteiger partial charge in [-0.3, -0.25) is 4.79 Å². The van der Waals surface area contributed by atoms with Crippen molar-refractivity contribution < 1.29 is 19.1 Å². The molecule has 0 heterocycles. The van der Waals surface area contributed by atoms with E-state index in [1.165, 1.54) is 13.3 Å². The number of nitrogens with one attached hydrogen (secondary N) is 3. The van der Waals surface area contributed by atoms with Crippen LogP contribution in [0, 0.1) is 13.8 Å². The predicted octanol–water partition coefficient (Wildman–Crippen LogP) is 4.49. The fourth-order valence-corrected chi connectivity index (χ4v) is 2.89. The highest BCUT2D eigenvalue weighted by Crippen LogP contribution is 2.27. The number of benzene rings is 3. The van der Waals surface area contributed by atoms with Crippen LogP contribution in [0.25, 0.3) is 0 Å². The highest BCUT2D eigenvalue weighted by molar-refractivity contribution is 5.92. The smallest absolute Gasteiger partial charge is 0.339 e. The summed E-state index contributed by atoms with van der Waals surface area (Å²) in [7, 11) is 1.50. The van der Waals surface area contributed by atoms with Crippen LogP contribution in [0.1, 0.15) is 16.7 Å². The minimum Gasteiger partial charge on any atom is -0.493 e. The molecule has 170 valence electrons. The highest BCUT2D eigenvalue weighted by atomic mass is 16.5. The first-order valence-corrected chi connectivity index (χ1v) is 10.3. The van der Waals surface area contributed by atoms with E-state index in [-0.39, 0.29) is 12.5 Å². The number of para-hydroxylation sites is 1. The lowest BCUT2D eigenvalue weighted by atomic mass is 10.1. The molecule has 0 bridgehead atoms. The molecule has 0 radical (unpaired) electrons. The number of methoxy groups -OCH3 is 1. The van der Waals surface area contributed by atoms with Crippen molar-refractivity contribution in [1.29, 1.82) is 0 Å². The van der Waals surface area contributed by atoms with E-state index >= 15 is 0 Å². The summed E-state index contributed by atoms with van der Waals surface area (Å²) < 4.78 is 11.0. The Hall–Kier alpha value is -4.33. The molecule has 0 saturated heterocycles. The van der Waals surface area contributed by atoms with E-state index in [2.05, 4.69) is 21.2 Å². The summed E-state index contributed by atoms with van der Waals surface area (Å²) in [6, 6.07) is 19.4. The molecule has 0 aliphatic carbocycles. The molecule has 3 rings (SSSR count). The minimum absolute atomic E-state index is 0.169. The Morgan fingerprint density at radius 1 is 0.879 bits per heavy atom. The second-order valence-corrected chi connectivity index (χ2v) is 7.24. The molecule has 0 fully saturated rings. The van der Waals surface area contributed by atoms with E-state index in [0.29, 0.717) is 28.4 Å². The van der Waals surface area contributed by atoms with E-state index in [0.717, 1.165) is 11.1 Å². The number of aryl methyl sites for hydroxylation is 2. The molecule has 0 spiro atoms. The first-order valence-electron chi connectivity index (χ1n) is 10.3. The number of amides is 3. The van der Waals surface area contributed by atoms with E-state index in [1.54, 1.807) is 30.3 Å². The molecule has 33 heavy (non-hydrogen) atoms. The Morgan fingerprint density at radius 2 is 1.67 bits per heavy atom. The van der Waals surface area contributed by atoms with Crippen molar-refractivity contribution in [3.05, 3.63) is 83.4 Å². The van der Waals surface area contributed by atoms with Gasteiger partial charge in [0, 0.05) is 11.4 Å². The van der Waals surface area contributed by atoms with Gasteiger partial charge in [-0.15, -0.1) is 0 Å². The Bertz CT molecular complexity index is 1150. The SMILES string of the molecule is COc1cc(C=NNC(=O)Nc2ccccc2)ccc1OCC(=O)Nc1ccc(C)c(C)c1. The van der Waals surface area contributed by atoms with Gasteiger partial charge >= 0.3 is 6.03 Å². The second kappa shape index (κ2) is 11.3. The van der Waals surface area contributed by atoms with Gasteiger partial charge in [0.15, 0.2) is 18.1 Å². The molecule has 0 atom stereocenters. The average Bonchev–Trinajstić information content (AvgIpc) is 2.81. The summed E-state index contributed by atoms with van der Waals surface area (Å²) in [6.45, 7) is 3.83. The van der Waals surface area contributed by atoms with Crippen LogP contribution < -0.4 is 25.5 Å². The number of anilines is 2. The van der Waals surface area contributed by atoms with Crippen molar-refractivity contribution in [3.8, 4) is 11.5 Å². The van der Waals surface area contributed by atoms with Crippen LogP contribution in [0.5, 0.6) is 11.5 Å². The standard InChI is InChI=1S/C25H26N4O4/c1-17-9-11-21(13-18(17)2)27-24(30)16-33-22-12-10-19(14-23(22)32-3)15-26-29-25(31)28-20-7-5-4-6-8-20/h4-15H,16H2,1-3H3,(H,27,30)(H2,28,29,31). The lowest BCUT2D eigenvalue weighted by molar-refractivity contribution is -0.118. The zero-order chi connectivity index (χ0) is 23.6. The van der Waals surface area contributed by atoms with Crippen LogP contribution >= 0.6 is 0 Å². The van der Waals surface area contributed by atoms with Crippen LogP contribution in [0.3, 0.4) is 0 Å². The van der Waals surface area contributed by atoms with Crippen LogP contribution in [0.2, 0.25) is 0 Å². The number of rotatable bonds is 8. The average molecular weight is 447 g/mol. The number of urea groups is 1. The molecule has 0 aliphatic rings. The molecule has 3 N–H and O–H groups in total. The van der Waals surface area contributed by atoms with Crippen molar-refractivity contribution in [2.45, 2.75) is 13.8 Å². The summed E-state index contributed by atoms with van der Waals surface area (Å²) in [4.78, 5) is 24.1. The minimum atomic E-state index is -0.459. The highest BCUT2D eigenvalue weighted by Gasteiger charge is 2.09. The van der Waals surface area contributed by atoms with Gasteiger partial charge < -0.3 is 20.1 Å². The predicted molar refractivity (Wildman–Crippen MR) is 129 cm³/mol. The third kappa shape index (κ3) is 7.10. The Balaban J connectivity index is 1.53. The number of ether oxygens (including phenoxy) is 2. The summed E-state index contributed by atoms with van der Waals surface area (Å²) >= 11 is 0. The normalized spacial score (nSPS) is 10.5. The van der Waals surface area contributed by atoms with Gasteiger partial charge in [0.2, 0.25) is 0 Å². The fourth-order valence-electron chi connectivity index (χ4n) is 2.89. The molecule has 3 amide bonds. The van der Waals surface area contributed by atoms with Gasteiger partial charge in [-0.2, -0.15) is 5.10 Å². The van der Waals surface area contributed by atoms with Crippen molar-refractivity contribution in [2.75, 3.05) is 24.4 Å². The van der Waals surface area contributed by atoms with Gasteiger partial charge in [0.1, 0.15) is 0 Å². The van der Waals surface area contributed by atoms with Crippen molar-refractivity contribution in [1.82, 2.24) is 5.43 Å². The van der Waals surface area contributed by atoms with Gasteiger partial charge in [0.05, 0.1) is 13.3 Å². The Morgan fingerprint density at radius 3 is 2.39 bits per heavy atom. The molecule has 8 nitrogen and oxygen atoms in total. The second-order valence-electron chi connectivity index (χ2n) is 7.24. The number of hydrogen-bond donors (Lipinski definition) is 3. The monoisotopic (exact) mass is 446 g/mol. The number of carbonyl (C=O) groups excluding carboxylic acids is 2. The number of hydrazone groups is 1. The molecular formula is C25H26N4O4. The molecule has 8 heteroatoms. The molecule has 0 aromatic heterocycles. The largest absolute Gasteiger partial charge is 0.493 e. The summed E-state index contributed by atoms with van der Waals surface area (Å²) in [5, 5.41) is 9.41. The molecular weight excluding hydrogens is 420 g/mol. The van der Waals surface area contributed by atoms with Crippen molar-refractivity contribution in [2.24, 2.45) is 5.10 Å². The van der Waals surface area contributed by atoms with Gasteiger partial charge in [-0.05, 0) is 73.0 Å². The van der Waals surface area contributed by atoms with Crippen LogP contribution in [-0.2, 0) is 4.79 Å². The summed E-state index contributed by atoms with van der Waals surface area (Å²) in [6.07, 6.45) is 1.48. The zero-order valence-corrected chi connectivity index (χ0v) is 18.7. The molecule has 3 aromatic carbocycles. The maximum atomic E-state index is 12.2. The number of carbonyl (C=O) groups is 2. The maximum Gasteiger partial charge on any atom is 0.339 e. The third-order valence-electron chi connectivity index (χ3n) is 4.75. The van der Waals surface area contributed by atoms with Gasteiger partial charge in [0.25, 0.3) is 5.91 Å². The van der Waals surface area contributed by atoms with Gasteiger partial charge in [-0.1, -0.05) is 24.3 Å². The van der Waals surface area contributed by atoms with Crippen LogP contribution in [-0.4, -0.2) is 31.9 Å². The topological polar surface area (TPSA) is 101 Å². The number of hydrogen-bond acceptors (Lipinski definition) is 5. The van der Waals surface area contributed by atoms with Crippen molar-refractivity contribution >= 4 is 29.5 Å². The van der Waals surface area contributed by atoms with Gasteiger partial charge in [-0.25, -0.2) is 10.2 Å². The first-order chi connectivity index (χ1) is 15.9. The van der Waals surface area contributed by atoms with Crippen LogP contribution in [0.4, 0.5) is 16.2 Å². The summed E-state index contributed by atoms with van der Waals surface area (Å²) in [5.74, 6) is 0.575. The number of nitrogens with zero attached hydrogens (tertiary/aromatic N) is 1. The fraction of sp³-hybridized carbons (Fsp3) is 0.160. The molecule has 3 aromatic rings. The molecule has 0 unspecified atom stereocenters. The third-order valence-corrected chi connectivity index (χ3v) is 4.75. The van der Waals surface area contributed by atoms with Crippen LogP contribution in [0.15, 0.2) is 71.8 Å². The van der Waals surface area contributed by atoms with E-state index in [9.17, 15) is 9.59 Å². The Labute approximate surface area is 192 Å². The zero-order valence-electron chi connectivity index (χ0n) is 18.7. The quantitative estimate of drug-likeness (QED) is 0.351. The molecule has 0 aliphatic heterocycles. The summed E-state index contributed by atoms with van der Waals surface area (Å²) in [5.41, 5.74) is 6.71. The molecule has 0 saturated carbocycles. The lowest BCUT2D eigenvalue weighted by Gasteiger charge is -2.12. The van der Waals surface area contributed by atoms with E-state index in [4.69, 9.17) is 9.47 Å². The van der Waals surface area contributed by atoms with E-state index in [1.807, 2.05) is 50.2 Å².